The predicted molar refractivity (Wildman–Crippen MR) is 75.4 cm³/mol. The summed E-state index contributed by atoms with van der Waals surface area (Å²) in [7, 11) is 0. The lowest BCUT2D eigenvalue weighted by molar-refractivity contribution is -0.188. The van der Waals surface area contributed by atoms with E-state index in [9.17, 15) is 14.4 Å². The molecule has 0 aromatic rings. The molecule has 2 aliphatic rings. The van der Waals surface area contributed by atoms with Crippen LogP contribution in [0.5, 0.6) is 0 Å². The number of carbonyl (C=O) groups is 3. The minimum absolute atomic E-state index is 0.0621. The van der Waals surface area contributed by atoms with Crippen molar-refractivity contribution in [1.29, 1.82) is 0 Å². The van der Waals surface area contributed by atoms with E-state index in [2.05, 4.69) is 6.58 Å². The molecule has 0 saturated carbocycles. The van der Waals surface area contributed by atoms with E-state index in [1.54, 1.807) is 6.92 Å². The number of carbonyl (C=O) groups excluding carboxylic acids is 3. The molecule has 0 aromatic heterocycles. The van der Waals surface area contributed by atoms with Gasteiger partial charge in [-0.25, -0.2) is 4.79 Å². The average molecular weight is 331 g/mol. The molecular formula is C13H17NO7S. The van der Waals surface area contributed by atoms with Gasteiger partial charge in [-0.15, -0.1) is 0 Å². The maximum absolute atomic E-state index is 12.1. The highest BCUT2D eigenvalue weighted by molar-refractivity contribution is 7.97. The zero-order chi connectivity index (χ0) is 16.3. The zero-order valence-corrected chi connectivity index (χ0v) is 12.7. The van der Waals surface area contributed by atoms with Crippen molar-refractivity contribution in [1.82, 2.24) is 0 Å². The SMILES string of the molecule is C=CC(=O)OC1C2OC(=O)C(C(=O)OCCSN)C1OC2C. The van der Waals surface area contributed by atoms with Gasteiger partial charge in [-0.1, -0.05) is 18.5 Å². The van der Waals surface area contributed by atoms with Crippen LogP contribution in [0.3, 0.4) is 0 Å². The van der Waals surface area contributed by atoms with Crippen molar-refractivity contribution in [2.75, 3.05) is 12.4 Å². The van der Waals surface area contributed by atoms with Gasteiger partial charge in [0, 0.05) is 11.8 Å². The molecule has 2 bridgehead atoms. The monoisotopic (exact) mass is 331 g/mol. The first-order valence-electron chi connectivity index (χ1n) is 6.67. The minimum atomic E-state index is -1.29. The van der Waals surface area contributed by atoms with E-state index < -0.39 is 48.2 Å². The van der Waals surface area contributed by atoms with Crippen LogP contribution in [0, 0.1) is 5.92 Å². The molecule has 2 saturated heterocycles. The van der Waals surface area contributed by atoms with Crippen LogP contribution < -0.4 is 5.14 Å². The maximum Gasteiger partial charge on any atom is 0.330 e. The second kappa shape index (κ2) is 7.12. The highest BCUT2D eigenvalue weighted by atomic mass is 32.2. The van der Waals surface area contributed by atoms with E-state index in [4.69, 9.17) is 24.1 Å². The van der Waals surface area contributed by atoms with Gasteiger partial charge in [-0.2, -0.15) is 0 Å². The summed E-state index contributed by atoms with van der Waals surface area (Å²) in [5.41, 5.74) is 0. The molecule has 9 heteroatoms. The summed E-state index contributed by atoms with van der Waals surface area (Å²) in [6, 6.07) is 0. The molecule has 122 valence electrons. The third kappa shape index (κ3) is 3.26. The third-order valence-corrected chi connectivity index (χ3v) is 3.84. The van der Waals surface area contributed by atoms with Crippen LogP contribution in [0.4, 0.5) is 0 Å². The van der Waals surface area contributed by atoms with Gasteiger partial charge < -0.3 is 18.9 Å². The predicted octanol–water partition coefficient (Wildman–Crippen LogP) is -0.437. The summed E-state index contributed by atoms with van der Waals surface area (Å²) in [4.78, 5) is 35.5. The van der Waals surface area contributed by atoms with E-state index in [0.717, 1.165) is 18.0 Å². The van der Waals surface area contributed by atoms with Gasteiger partial charge in [0.1, 0.15) is 12.7 Å². The van der Waals surface area contributed by atoms with Gasteiger partial charge >= 0.3 is 17.9 Å². The number of hydrogen-bond acceptors (Lipinski definition) is 9. The highest BCUT2D eigenvalue weighted by Crippen LogP contribution is 2.37. The Morgan fingerprint density at radius 1 is 1.45 bits per heavy atom. The second-order valence-corrected chi connectivity index (χ2v) is 5.57. The van der Waals surface area contributed by atoms with E-state index in [0.29, 0.717) is 5.75 Å². The molecule has 0 amide bonds. The Kier molecular flexibility index (Phi) is 5.43. The first kappa shape index (κ1) is 16.8. The Morgan fingerprint density at radius 2 is 2.18 bits per heavy atom. The van der Waals surface area contributed by atoms with Crippen LogP contribution in [-0.2, 0) is 33.3 Å². The molecule has 2 aliphatic heterocycles. The fourth-order valence-corrected chi connectivity index (χ4v) is 2.64. The molecule has 2 fully saturated rings. The first-order chi connectivity index (χ1) is 10.5. The van der Waals surface area contributed by atoms with Crippen LogP contribution in [0.2, 0.25) is 0 Å². The molecule has 2 rings (SSSR count). The molecule has 2 N–H and O–H groups in total. The molecule has 8 nitrogen and oxygen atoms in total. The molecule has 0 radical (unpaired) electrons. The van der Waals surface area contributed by atoms with Gasteiger partial charge in [0.15, 0.2) is 18.1 Å². The fourth-order valence-electron chi connectivity index (χ4n) is 2.46. The van der Waals surface area contributed by atoms with Gasteiger partial charge in [0.25, 0.3) is 0 Å². The molecule has 0 aromatic carbocycles. The molecule has 0 aliphatic carbocycles. The van der Waals surface area contributed by atoms with Crippen molar-refractivity contribution < 1.29 is 33.3 Å². The summed E-state index contributed by atoms with van der Waals surface area (Å²) in [6.45, 7) is 5.04. The first-order valence-corrected chi connectivity index (χ1v) is 7.71. The van der Waals surface area contributed by atoms with Crippen LogP contribution >= 0.6 is 11.9 Å². The number of fused-ring (bicyclic) bond motifs is 2. The van der Waals surface area contributed by atoms with E-state index in [1.165, 1.54) is 0 Å². The molecule has 5 unspecified atom stereocenters. The Hall–Kier alpha value is -1.58. The summed E-state index contributed by atoms with van der Waals surface area (Å²) >= 11 is 1.01. The van der Waals surface area contributed by atoms with Crippen molar-refractivity contribution in [3.63, 3.8) is 0 Å². The maximum atomic E-state index is 12.1. The molecule has 5 atom stereocenters. The van der Waals surface area contributed by atoms with Gasteiger partial charge in [0.2, 0.25) is 0 Å². The molecule has 2 heterocycles. The zero-order valence-electron chi connectivity index (χ0n) is 11.9. The standard InChI is InChI=1S/C13H17NO7S/c1-3-7(15)20-11-9-6(2)19-10(11)8(13(17)21-9)12(16)18-4-5-22-14/h3,6,8-11H,1,4-5,14H2,2H3. The van der Waals surface area contributed by atoms with Crippen molar-refractivity contribution in [2.24, 2.45) is 11.1 Å². The van der Waals surface area contributed by atoms with E-state index in [1.807, 2.05) is 0 Å². The fraction of sp³-hybridized carbons (Fsp3) is 0.615. The lowest BCUT2D eigenvalue weighted by atomic mass is 9.93. The van der Waals surface area contributed by atoms with Crippen molar-refractivity contribution in [2.45, 2.75) is 31.3 Å². The number of nitrogens with two attached hydrogens (primary N) is 1. The smallest absolute Gasteiger partial charge is 0.330 e. The van der Waals surface area contributed by atoms with Gasteiger partial charge in [-0.05, 0) is 6.92 Å². The van der Waals surface area contributed by atoms with Crippen molar-refractivity contribution >= 4 is 29.9 Å². The van der Waals surface area contributed by atoms with Crippen molar-refractivity contribution in [3.8, 4) is 0 Å². The second-order valence-electron chi connectivity index (χ2n) is 4.83. The number of esters is 3. The van der Waals surface area contributed by atoms with Crippen molar-refractivity contribution in [3.05, 3.63) is 12.7 Å². The Bertz CT molecular complexity index is 483. The van der Waals surface area contributed by atoms with Crippen LogP contribution in [0.1, 0.15) is 6.92 Å². The molecule has 0 spiro atoms. The number of ether oxygens (including phenoxy) is 4. The largest absolute Gasteiger partial charge is 0.464 e. The lowest BCUT2D eigenvalue weighted by Crippen LogP contribution is -2.53. The van der Waals surface area contributed by atoms with E-state index >= 15 is 0 Å². The van der Waals surface area contributed by atoms with Gasteiger partial charge in [-0.3, -0.25) is 14.7 Å². The van der Waals surface area contributed by atoms with Gasteiger partial charge in [0.05, 0.1) is 6.10 Å². The molecule has 22 heavy (non-hydrogen) atoms. The Morgan fingerprint density at radius 3 is 2.82 bits per heavy atom. The lowest BCUT2D eigenvalue weighted by Gasteiger charge is -2.31. The quantitative estimate of drug-likeness (QED) is 0.173. The van der Waals surface area contributed by atoms with E-state index in [-0.39, 0.29) is 6.61 Å². The third-order valence-electron chi connectivity index (χ3n) is 3.44. The summed E-state index contributed by atoms with van der Waals surface area (Å²) in [5, 5.41) is 5.23. The van der Waals surface area contributed by atoms with Crippen LogP contribution in [0.25, 0.3) is 0 Å². The van der Waals surface area contributed by atoms with Crippen LogP contribution in [-0.4, -0.2) is 54.7 Å². The normalized spacial score (nSPS) is 33.0. The summed E-state index contributed by atoms with van der Waals surface area (Å²) in [6.07, 6.45) is -2.03. The highest BCUT2D eigenvalue weighted by Gasteiger charge is 2.59. The molecular weight excluding hydrogens is 314 g/mol. The van der Waals surface area contributed by atoms with Crippen LogP contribution in [0.15, 0.2) is 12.7 Å². The Balaban J connectivity index is 2.12. The number of hydrogen-bond donors (Lipinski definition) is 1. The summed E-state index contributed by atoms with van der Waals surface area (Å²) in [5.74, 6) is -3.09. The Labute approximate surface area is 131 Å². The average Bonchev–Trinajstić information content (AvgIpc) is 2.68. The summed E-state index contributed by atoms with van der Waals surface area (Å²) < 4.78 is 20.9. The number of rotatable bonds is 6. The minimum Gasteiger partial charge on any atom is -0.464 e. The topological polar surface area (TPSA) is 114 Å².